The van der Waals surface area contributed by atoms with E-state index in [1.54, 1.807) is 67.6 Å². The minimum atomic E-state index is -2.75. The predicted octanol–water partition coefficient (Wildman–Crippen LogP) is 1.77. The second kappa shape index (κ2) is 10.5. The summed E-state index contributed by atoms with van der Waals surface area (Å²) in [6.45, 7) is 1.57. The maximum Gasteiger partial charge on any atom is 0.353 e. The molecule has 12 heteroatoms. The van der Waals surface area contributed by atoms with E-state index in [-0.39, 0.29) is 17.8 Å². The predicted molar refractivity (Wildman–Crippen MR) is 142 cm³/mol. The maximum absolute atomic E-state index is 14.7. The molecule has 5 rings (SSSR count). The van der Waals surface area contributed by atoms with E-state index in [0.29, 0.717) is 11.1 Å². The second-order valence-electron chi connectivity index (χ2n) is 9.67. The van der Waals surface area contributed by atoms with Crippen LogP contribution in [0, 0.1) is 0 Å². The molecule has 0 aromatic heterocycles. The van der Waals surface area contributed by atoms with Gasteiger partial charge in [-0.3, -0.25) is 9.69 Å². The Kier molecular flexibility index (Phi) is 7.11. The first-order valence-electron chi connectivity index (χ1n) is 12.8. The largest absolute Gasteiger partial charge is 0.466 e. The first-order chi connectivity index (χ1) is 20.1. The Labute approximate surface area is 241 Å². The average Bonchev–Trinajstić information content (AvgIpc) is 3.48. The number of esters is 4. The van der Waals surface area contributed by atoms with Crippen molar-refractivity contribution in [3.05, 3.63) is 94.2 Å². The summed E-state index contributed by atoms with van der Waals surface area (Å²) in [5.41, 5.74) is -2.42. The molecule has 42 heavy (non-hydrogen) atoms. The smallest absolute Gasteiger partial charge is 0.353 e. The Morgan fingerprint density at radius 2 is 1.33 bits per heavy atom. The summed E-state index contributed by atoms with van der Waals surface area (Å²) in [6, 6.07) is 16.2. The molecule has 1 saturated heterocycles. The molecule has 1 unspecified atom stereocenters. The number of carbonyl (C=O) groups is 5. The second-order valence-corrected chi connectivity index (χ2v) is 9.67. The Balaban J connectivity index is 1.96. The van der Waals surface area contributed by atoms with Crippen LogP contribution in [-0.4, -0.2) is 79.5 Å². The fourth-order valence-corrected chi connectivity index (χ4v) is 5.97. The summed E-state index contributed by atoms with van der Waals surface area (Å²) in [7, 11) is 4.35. The zero-order valence-corrected chi connectivity index (χ0v) is 23.5. The molecule has 0 aliphatic carbocycles. The number of hydrogen-bond donors (Lipinski definition) is 0. The van der Waals surface area contributed by atoms with Crippen molar-refractivity contribution in [2.45, 2.75) is 31.0 Å². The van der Waals surface area contributed by atoms with Gasteiger partial charge in [-0.15, -0.1) is 0 Å². The highest BCUT2D eigenvalue weighted by atomic mass is 16.6. The van der Waals surface area contributed by atoms with Crippen LogP contribution in [0.3, 0.4) is 0 Å². The van der Waals surface area contributed by atoms with E-state index in [1.807, 2.05) is 0 Å². The molecule has 0 N–H and O–H groups in total. The van der Waals surface area contributed by atoms with Gasteiger partial charge in [0.2, 0.25) is 0 Å². The van der Waals surface area contributed by atoms with Gasteiger partial charge in [0, 0.05) is 12.2 Å². The molecule has 1 spiro atoms. The molecule has 0 saturated carbocycles. The first-order valence-corrected chi connectivity index (χ1v) is 12.8. The summed E-state index contributed by atoms with van der Waals surface area (Å²) in [5, 5.41) is 0. The van der Waals surface area contributed by atoms with Crippen molar-refractivity contribution >= 4 is 29.8 Å². The van der Waals surface area contributed by atoms with Gasteiger partial charge in [0.25, 0.3) is 17.4 Å². The zero-order valence-electron chi connectivity index (χ0n) is 23.5. The Morgan fingerprint density at radius 1 is 0.786 bits per heavy atom. The number of rotatable bonds is 7. The van der Waals surface area contributed by atoms with Gasteiger partial charge < -0.3 is 28.6 Å². The van der Waals surface area contributed by atoms with Crippen LogP contribution in [-0.2, 0) is 54.2 Å². The summed E-state index contributed by atoms with van der Waals surface area (Å²) < 4.78 is 26.7. The lowest BCUT2D eigenvalue weighted by Gasteiger charge is -2.53. The normalized spacial score (nSPS) is 24.4. The van der Waals surface area contributed by atoms with E-state index < -0.39 is 58.4 Å². The van der Waals surface area contributed by atoms with Crippen LogP contribution in [0.2, 0.25) is 0 Å². The monoisotopic (exact) mass is 576 g/mol. The molecular formula is C30H28N2O10. The number of allylic oxidation sites excluding steroid dienone is 1. The lowest BCUT2D eigenvalue weighted by atomic mass is 9.80. The number of benzene rings is 2. The highest BCUT2D eigenvalue weighted by molar-refractivity contribution is 6.23. The summed E-state index contributed by atoms with van der Waals surface area (Å²) in [5.74, 6) is -7.53. The number of ether oxygens (including phenoxy) is 5. The molecule has 3 heterocycles. The van der Waals surface area contributed by atoms with Crippen molar-refractivity contribution in [1.29, 1.82) is 0 Å². The van der Waals surface area contributed by atoms with E-state index >= 15 is 0 Å². The van der Waals surface area contributed by atoms with Crippen molar-refractivity contribution in [2.24, 2.45) is 0 Å². The van der Waals surface area contributed by atoms with Crippen molar-refractivity contribution in [1.82, 2.24) is 9.80 Å². The van der Waals surface area contributed by atoms with Gasteiger partial charge in [-0.2, -0.15) is 0 Å². The van der Waals surface area contributed by atoms with Crippen LogP contribution >= 0.6 is 0 Å². The SMILES string of the molecule is COC(=O)C1=C(C)N(Cc2ccccc2)[C@]23O[C@](C(=O)OC)(C(=O)N2C1c1ccccc1)C(C(=O)OC)=C3C(=O)OC. The molecule has 2 bridgehead atoms. The fourth-order valence-electron chi connectivity index (χ4n) is 5.97. The Hall–Kier alpha value is -4.97. The first kappa shape index (κ1) is 28.6. The van der Waals surface area contributed by atoms with Crippen LogP contribution in [0.4, 0.5) is 0 Å². The number of amides is 1. The third kappa shape index (κ3) is 3.68. The van der Waals surface area contributed by atoms with Gasteiger partial charge in [-0.25, -0.2) is 19.2 Å². The Morgan fingerprint density at radius 3 is 1.88 bits per heavy atom. The zero-order chi connectivity index (χ0) is 30.4. The van der Waals surface area contributed by atoms with Crippen LogP contribution in [0.15, 0.2) is 83.1 Å². The van der Waals surface area contributed by atoms with Gasteiger partial charge in [0.05, 0.1) is 40.1 Å². The van der Waals surface area contributed by atoms with Crippen LogP contribution in [0.5, 0.6) is 0 Å². The quantitative estimate of drug-likeness (QED) is 0.271. The third-order valence-electron chi connectivity index (χ3n) is 7.72. The van der Waals surface area contributed by atoms with E-state index in [1.165, 1.54) is 12.0 Å². The molecule has 2 aromatic carbocycles. The maximum atomic E-state index is 14.7. The van der Waals surface area contributed by atoms with E-state index in [2.05, 4.69) is 0 Å². The molecule has 1 amide bonds. The molecule has 2 aromatic rings. The van der Waals surface area contributed by atoms with Crippen LogP contribution < -0.4 is 0 Å². The lowest BCUT2D eigenvalue weighted by Crippen LogP contribution is -2.66. The topological polar surface area (TPSA) is 138 Å². The molecule has 3 aliphatic rings. The number of fused-ring (bicyclic) bond motifs is 1. The minimum Gasteiger partial charge on any atom is -0.466 e. The van der Waals surface area contributed by atoms with Crippen molar-refractivity contribution in [2.75, 3.05) is 28.4 Å². The summed E-state index contributed by atoms with van der Waals surface area (Å²) >= 11 is 0. The molecule has 1 fully saturated rings. The molecule has 218 valence electrons. The van der Waals surface area contributed by atoms with E-state index in [0.717, 1.165) is 26.2 Å². The van der Waals surface area contributed by atoms with E-state index in [4.69, 9.17) is 23.7 Å². The number of methoxy groups -OCH3 is 4. The van der Waals surface area contributed by atoms with Gasteiger partial charge in [0.1, 0.15) is 11.1 Å². The highest BCUT2D eigenvalue weighted by Crippen LogP contribution is 2.61. The van der Waals surface area contributed by atoms with Crippen LogP contribution in [0.25, 0.3) is 0 Å². The number of nitrogens with zero attached hydrogens (tertiary/aromatic N) is 2. The van der Waals surface area contributed by atoms with Gasteiger partial charge in [-0.1, -0.05) is 60.7 Å². The van der Waals surface area contributed by atoms with Gasteiger partial charge in [-0.05, 0) is 18.1 Å². The van der Waals surface area contributed by atoms with E-state index in [9.17, 15) is 24.0 Å². The Bertz CT molecular complexity index is 1550. The standard InChI is InChI=1S/C30H28N2O10/c1-17-20(24(33)38-2)23(19-14-10-7-11-15-19)32-27(36)29(28(37)41-5)21(25(34)39-3)22(26(35)40-4)30(32,42-29)31(17)16-18-12-8-6-9-13-18/h6-15,23H,16H2,1-5H3/t23?,29-,30-/m0/s1. The summed E-state index contributed by atoms with van der Waals surface area (Å²) in [6.07, 6.45) is 0. The fraction of sp³-hybridized carbons (Fsp3) is 0.300. The summed E-state index contributed by atoms with van der Waals surface area (Å²) in [4.78, 5) is 71.3. The molecular weight excluding hydrogens is 548 g/mol. The van der Waals surface area contributed by atoms with Gasteiger partial charge >= 0.3 is 23.9 Å². The van der Waals surface area contributed by atoms with Gasteiger partial charge in [0.15, 0.2) is 0 Å². The van der Waals surface area contributed by atoms with Crippen molar-refractivity contribution in [3.8, 4) is 0 Å². The molecule has 3 atom stereocenters. The van der Waals surface area contributed by atoms with Crippen molar-refractivity contribution < 1.29 is 47.7 Å². The average molecular weight is 577 g/mol. The van der Waals surface area contributed by atoms with Crippen molar-refractivity contribution in [3.63, 3.8) is 0 Å². The lowest BCUT2D eigenvalue weighted by molar-refractivity contribution is -0.205. The number of hydrogen-bond acceptors (Lipinski definition) is 11. The molecule has 0 radical (unpaired) electrons. The third-order valence-corrected chi connectivity index (χ3v) is 7.72. The molecule has 12 nitrogen and oxygen atoms in total. The minimum absolute atomic E-state index is 0.0370. The number of carbonyl (C=O) groups excluding carboxylic acids is 5. The molecule has 3 aliphatic heterocycles. The highest BCUT2D eigenvalue weighted by Gasteiger charge is 2.82. The van der Waals surface area contributed by atoms with Crippen LogP contribution in [0.1, 0.15) is 24.1 Å².